The fourth-order valence-corrected chi connectivity index (χ4v) is 2.70. The van der Waals surface area contributed by atoms with Gasteiger partial charge in [-0.1, -0.05) is 26.0 Å². The summed E-state index contributed by atoms with van der Waals surface area (Å²) in [5.74, 6) is -0.163. The summed E-state index contributed by atoms with van der Waals surface area (Å²) in [5, 5.41) is 31.7. The van der Waals surface area contributed by atoms with E-state index in [0.29, 0.717) is 50.9 Å². The Hall–Kier alpha value is -2.84. The molecular formula is C18H27N3O6. The summed E-state index contributed by atoms with van der Waals surface area (Å²) >= 11 is 0. The van der Waals surface area contributed by atoms with Crippen LogP contribution in [-0.2, 0) is 11.2 Å². The van der Waals surface area contributed by atoms with Crippen molar-refractivity contribution in [3.05, 3.63) is 33.9 Å². The van der Waals surface area contributed by atoms with E-state index in [2.05, 4.69) is 5.32 Å². The third kappa shape index (κ3) is 7.93. The van der Waals surface area contributed by atoms with Crippen LogP contribution in [0.4, 0.5) is 10.5 Å². The molecule has 0 saturated heterocycles. The predicted octanol–water partition coefficient (Wildman–Crippen LogP) is 2.77. The van der Waals surface area contributed by atoms with Crippen molar-refractivity contribution in [1.29, 1.82) is 0 Å². The van der Waals surface area contributed by atoms with Crippen LogP contribution < -0.4 is 5.32 Å². The number of benzene rings is 1. The number of nitro benzene ring substituents is 1. The number of aromatic hydroxyl groups is 1. The molecule has 0 saturated carbocycles. The number of carbonyl (C=O) groups excluding carboxylic acids is 1. The Morgan fingerprint density at radius 3 is 2.59 bits per heavy atom. The Morgan fingerprint density at radius 1 is 1.30 bits per heavy atom. The van der Waals surface area contributed by atoms with E-state index in [0.717, 1.165) is 0 Å². The number of para-hydroxylation sites is 1. The fourth-order valence-electron chi connectivity index (χ4n) is 2.70. The lowest BCUT2D eigenvalue weighted by Gasteiger charge is -2.25. The first kappa shape index (κ1) is 22.2. The standard InChI is InChI=1S/C18H27N3O6/c1-13(2)12-20(16(22)8-3-4-10-19-18(24)25)11-9-14-6-5-7-15(17(14)23)21(26)27/h5-7,13,19,23H,3-4,8-12H2,1-2H3,(H,24,25). The Morgan fingerprint density at radius 2 is 2.00 bits per heavy atom. The molecule has 0 aliphatic rings. The maximum atomic E-state index is 12.5. The maximum Gasteiger partial charge on any atom is 0.404 e. The van der Waals surface area contributed by atoms with Gasteiger partial charge in [-0.2, -0.15) is 0 Å². The highest BCUT2D eigenvalue weighted by molar-refractivity contribution is 5.76. The number of amides is 2. The highest BCUT2D eigenvalue weighted by Crippen LogP contribution is 2.29. The number of phenolic OH excluding ortho intramolecular Hbond substituents is 1. The van der Waals surface area contributed by atoms with E-state index < -0.39 is 11.0 Å². The molecule has 9 nitrogen and oxygen atoms in total. The van der Waals surface area contributed by atoms with Crippen LogP contribution in [0.1, 0.15) is 38.7 Å². The van der Waals surface area contributed by atoms with Gasteiger partial charge in [0.2, 0.25) is 5.91 Å². The van der Waals surface area contributed by atoms with Crippen molar-refractivity contribution in [2.24, 2.45) is 5.92 Å². The lowest BCUT2D eigenvalue weighted by molar-refractivity contribution is -0.385. The largest absolute Gasteiger partial charge is 0.502 e. The van der Waals surface area contributed by atoms with Gasteiger partial charge >= 0.3 is 11.8 Å². The van der Waals surface area contributed by atoms with Gasteiger partial charge in [-0.25, -0.2) is 4.79 Å². The van der Waals surface area contributed by atoms with Crippen molar-refractivity contribution in [3.63, 3.8) is 0 Å². The van der Waals surface area contributed by atoms with Crippen LogP contribution in [0.3, 0.4) is 0 Å². The van der Waals surface area contributed by atoms with E-state index in [4.69, 9.17) is 5.11 Å². The molecular weight excluding hydrogens is 354 g/mol. The quantitative estimate of drug-likeness (QED) is 0.307. The predicted molar refractivity (Wildman–Crippen MR) is 99.8 cm³/mol. The van der Waals surface area contributed by atoms with Crippen molar-refractivity contribution in [2.75, 3.05) is 19.6 Å². The van der Waals surface area contributed by atoms with Crippen LogP contribution in [-0.4, -0.2) is 51.7 Å². The zero-order valence-electron chi connectivity index (χ0n) is 15.7. The number of hydrogen-bond donors (Lipinski definition) is 3. The van der Waals surface area contributed by atoms with Gasteiger partial charge in [0.05, 0.1) is 4.92 Å². The molecule has 0 spiro atoms. The summed E-state index contributed by atoms with van der Waals surface area (Å²) in [6.07, 6.45) is 0.663. The van der Waals surface area contributed by atoms with Crippen LogP contribution >= 0.6 is 0 Å². The van der Waals surface area contributed by atoms with E-state index in [9.17, 15) is 24.8 Å². The van der Waals surface area contributed by atoms with Crippen molar-refractivity contribution in [3.8, 4) is 5.75 Å². The SMILES string of the molecule is CC(C)CN(CCc1cccc([N+](=O)[O-])c1O)C(=O)CCCCNC(=O)O. The highest BCUT2D eigenvalue weighted by Gasteiger charge is 2.19. The normalized spacial score (nSPS) is 10.6. The number of rotatable bonds is 11. The van der Waals surface area contributed by atoms with Crippen LogP contribution in [0, 0.1) is 16.0 Å². The summed E-state index contributed by atoms with van der Waals surface area (Å²) in [4.78, 5) is 34.8. The number of phenols is 1. The number of carbonyl (C=O) groups is 2. The van der Waals surface area contributed by atoms with Gasteiger partial charge in [-0.3, -0.25) is 14.9 Å². The van der Waals surface area contributed by atoms with Crippen LogP contribution in [0.5, 0.6) is 5.75 Å². The molecule has 0 heterocycles. The Bertz CT molecular complexity index is 662. The Balaban J connectivity index is 2.64. The third-order valence-electron chi connectivity index (χ3n) is 3.98. The second-order valence-corrected chi connectivity index (χ2v) is 6.71. The van der Waals surface area contributed by atoms with E-state index in [1.54, 1.807) is 11.0 Å². The van der Waals surface area contributed by atoms with E-state index in [1.165, 1.54) is 12.1 Å². The molecule has 0 unspecified atom stereocenters. The summed E-state index contributed by atoms with van der Waals surface area (Å²) in [7, 11) is 0. The number of nitro groups is 1. The monoisotopic (exact) mass is 381 g/mol. The number of unbranched alkanes of at least 4 members (excludes halogenated alkanes) is 1. The van der Waals surface area contributed by atoms with E-state index in [1.807, 2.05) is 13.8 Å². The second kappa shape index (κ2) is 11.0. The second-order valence-electron chi connectivity index (χ2n) is 6.71. The summed E-state index contributed by atoms with van der Waals surface area (Å²) in [6, 6.07) is 4.36. The first-order valence-electron chi connectivity index (χ1n) is 8.92. The minimum Gasteiger partial charge on any atom is -0.502 e. The lowest BCUT2D eigenvalue weighted by atomic mass is 10.1. The van der Waals surface area contributed by atoms with Crippen molar-refractivity contribution >= 4 is 17.7 Å². The maximum absolute atomic E-state index is 12.5. The average molecular weight is 381 g/mol. The molecule has 1 rings (SSSR count). The molecule has 0 fully saturated rings. The zero-order chi connectivity index (χ0) is 20.4. The highest BCUT2D eigenvalue weighted by atomic mass is 16.6. The van der Waals surface area contributed by atoms with Gasteiger partial charge in [-0.05, 0) is 25.2 Å². The fraction of sp³-hybridized carbons (Fsp3) is 0.556. The number of nitrogens with one attached hydrogen (secondary N) is 1. The zero-order valence-corrected chi connectivity index (χ0v) is 15.7. The van der Waals surface area contributed by atoms with Gasteiger partial charge in [0.25, 0.3) is 0 Å². The molecule has 0 aliphatic heterocycles. The summed E-state index contributed by atoms with van der Waals surface area (Å²) in [6.45, 7) is 5.17. The van der Waals surface area contributed by atoms with Crippen LogP contribution in [0.2, 0.25) is 0 Å². The Kier molecular flexibility index (Phi) is 9.04. The van der Waals surface area contributed by atoms with Crippen LogP contribution in [0.25, 0.3) is 0 Å². The van der Waals surface area contributed by atoms with E-state index in [-0.39, 0.29) is 23.3 Å². The molecule has 150 valence electrons. The summed E-state index contributed by atoms with van der Waals surface area (Å²) < 4.78 is 0. The first-order chi connectivity index (χ1) is 12.7. The number of hydrogen-bond acceptors (Lipinski definition) is 5. The summed E-state index contributed by atoms with van der Waals surface area (Å²) in [5.41, 5.74) is 0.0802. The van der Waals surface area contributed by atoms with Crippen molar-refractivity contribution < 1.29 is 24.7 Å². The molecule has 9 heteroatoms. The van der Waals surface area contributed by atoms with Gasteiger partial charge in [-0.15, -0.1) is 0 Å². The molecule has 27 heavy (non-hydrogen) atoms. The van der Waals surface area contributed by atoms with Gasteiger partial charge < -0.3 is 20.4 Å². The molecule has 1 aromatic rings. The van der Waals surface area contributed by atoms with Gasteiger partial charge in [0.15, 0.2) is 5.75 Å². The average Bonchev–Trinajstić information content (AvgIpc) is 2.58. The smallest absolute Gasteiger partial charge is 0.404 e. The number of carboxylic acid groups (broad SMARTS) is 1. The first-order valence-corrected chi connectivity index (χ1v) is 8.92. The molecule has 2 amide bonds. The van der Waals surface area contributed by atoms with Crippen LogP contribution in [0.15, 0.2) is 18.2 Å². The molecule has 3 N–H and O–H groups in total. The molecule has 0 aliphatic carbocycles. The lowest BCUT2D eigenvalue weighted by Crippen LogP contribution is -2.36. The van der Waals surface area contributed by atoms with Gasteiger partial charge in [0, 0.05) is 37.7 Å². The van der Waals surface area contributed by atoms with E-state index >= 15 is 0 Å². The van der Waals surface area contributed by atoms with Gasteiger partial charge in [0.1, 0.15) is 0 Å². The minimum absolute atomic E-state index is 0.0519. The molecule has 0 bridgehead atoms. The molecule has 0 aromatic heterocycles. The minimum atomic E-state index is -1.08. The molecule has 0 atom stereocenters. The molecule has 1 aromatic carbocycles. The molecule has 0 radical (unpaired) electrons. The van der Waals surface area contributed by atoms with Crippen molar-refractivity contribution in [1.82, 2.24) is 10.2 Å². The number of nitrogens with zero attached hydrogens (tertiary/aromatic N) is 2. The Labute approximate surface area is 158 Å². The third-order valence-corrected chi connectivity index (χ3v) is 3.98. The topological polar surface area (TPSA) is 133 Å². The van der Waals surface area contributed by atoms with Crippen molar-refractivity contribution in [2.45, 2.75) is 39.5 Å².